The van der Waals surface area contributed by atoms with Gasteiger partial charge in [-0.1, -0.05) is 24.3 Å². The number of para-hydroxylation sites is 1. The smallest absolute Gasteiger partial charge is 0.259 e. The quantitative estimate of drug-likeness (QED) is 0.499. The van der Waals surface area contributed by atoms with E-state index in [0.29, 0.717) is 11.5 Å². The Balaban J connectivity index is 1.22. The lowest BCUT2D eigenvalue weighted by Crippen LogP contribution is -2.33. The molecule has 1 fully saturated rings. The van der Waals surface area contributed by atoms with E-state index >= 15 is 0 Å². The fourth-order valence-corrected chi connectivity index (χ4v) is 4.54. The zero-order valence-electron chi connectivity index (χ0n) is 19.0. The summed E-state index contributed by atoms with van der Waals surface area (Å²) in [7, 11) is 0. The first-order valence-corrected chi connectivity index (χ1v) is 11.4. The first-order valence-electron chi connectivity index (χ1n) is 11.4. The van der Waals surface area contributed by atoms with Crippen LogP contribution in [-0.2, 0) is 6.54 Å². The van der Waals surface area contributed by atoms with Gasteiger partial charge in [-0.05, 0) is 64.0 Å². The predicted octanol–water partition coefficient (Wildman–Crippen LogP) is 4.37. The Labute approximate surface area is 193 Å². The molecular formula is C26H28N6O. The number of nitrogens with one attached hydrogen (secondary N) is 1. The van der Waals surface area contributed by atoms with E-state index in [1.54, 1.807) is 6.20 Å². The maximum absolute atomic E-state index is 12.6. The number of benzene rings is 1. The van der Waals surface area contributed by atoms with E-state index in [4.69, 9.17) is 4.98 Å². The minimum Gasteiger partial charge on any atom is -0.322 e. The molecule has 1 aliphatic heterocycles. The summed E-state index contributed by atoms with van der Waals surface area (Å²) in [5, 5.41) is 2.91. The van der Waals surface area contributed by atoms with E-state index in [9.17, 15) is 4.79 Å². The standard InChI is InChI=1S/C26H28N6O/c1-18-22(26(33)30-21-8-4-3-5-9-21)16-27-25(29-18)20-11-14-31(15-12-20)17-23-19(2)28-24-10-6-7-13-32(23)24/h3-10,13,16,20H,11-12,14-15,17H2,1-2H3,(H,30,33). The molecule has 0 atom stereocenters. The van der Waals surface area contributed by atoms with Crippen molar-refractivity contribution >= 4 is 17.2 Å². The number of hydrogen-bond donors (Lipinski definition) is 1. The van der Waals surface area contributed by atoms with Crippen LogP contribution in [0.1, 0.15) is 52.0 Å². The molecule has 33 heavy (non-hydrogen) atoms. The van der Waals surface area contributed by atoms with Gasteiger partial charge >= 0.3 is 0 Å². The number of aryl methyl sites for hydroxylation is 2. The summed E-state index contributed by atoms with van der Waals surface area (Å²) in [6, 6.07) is 15.6. The SMILES string of the molecule is Cc1nc(C2CCN(Cc3c(C)nc4ccccn34)CC2)ncc1C(=O)Nc1ccccc1. The van der Waals surface area contributed by atoms with Crippen LogP contribution in [0.4, 0.5) is 5.69 Å². The lowest BCUT2D eigenvalue weighted by Gasteiger charge is -2.31. The number of carbonyl (C=O) groups excluding carboxylic acids is 1. The first kappa shape index (κ1) is 21.3. The Kier molecular flexibility index (Phi) is 5.88. The summed E-state index contributed by atoms with van der Waals surface area (Å²) < 4.78 is 2.19. The molecule has 0 spiro atoms. The Morgan fingerprint density at radius 2 is 1.76 bits per heavy atom. The summed E-state index contributed by atoms with van der Waals surface area (Å²) >= 11 is 0. The molecule has 0 unspecified atom stereocenters. The van der Waals surface area contributed by atoms with Crippen LogP contribution in [0.15, 0.2) is 60.9 Å². The van der Waals surface area contributed by atoms with Crippen molar-refractivity contribution in [1.82, 2.24) is 24.3 Å². The Morgan fingerprint density at radius 1 is 1.00 bits per heavy atom. The number of fused-ring (bicyclic) bond motifs is 1. The first-order chi connectivity index (χ1) is 16.1. The predicted molar refractivity (Wildman–Crippen MR) is 128 cm³/mol. The molecule has 1 saturated heterocycles. The fraction of sp³-hybridized carbons (Fsp3) is 0.308. The van der Waals surface area contributed by atoms with Gasteiger partial charge in [0.25, 0.3) is 5.91 Å². The second-order valence-electron chi connectivity index (χ2n) is 8.67. The van der Waals surface area contributed by atoms with E-state index < -0.39 is 0 Å². The lowest BCUT2D eigenvalue weighted by molar-refractivity contribution is 0.102. The van der Waals surface area contributed by atoms with Gasteiger partial charge in [0.2, 0.25) is 0 Å². The van der Waals surface area contributed by atoms with Crippen LogP contribution >= 0.6 is 0 Å². The number of aromatic nitrogens is 4. The van der Waals surface area contributed by atoms with Crippen LogP contribution in [0, 0.1) is 13.8 Å². The number of amides is 1. The number of piperidine rings is 1. The van der Waals surface area contributed by atoms with Crippen LogP contribution in [-0.4, -0.2) is 43.2 Å². The number of nitrogens with zero attached hydrogens (tertiary/aromatic N) is 5. The summed E-state index contributed by atoms with van der Waals surface area (Å²) in [5.74, 6) is 0.979. The van der Waals surface area contributed by atoms with Gasteiger partial charge in [0.15, 0.2) is 0 Å². The molecular weight excluding hydrogens is 412 g/mol. The summed E-state index contributed by atoms with van der Waals surface area (Å²) in [6.07, 6.45) is 5.77. The van der Waals surface area contributed by atoms with Gasteiger partial charge in [-0.2, -0.15) is 0 Å². The Hall–Kier alpha value is -3.58. The highest BCUT2D eigenvalue weighted by molar-refractivity contribution is 6.04. The Morgan fingerprint density at radius 3 is 2.52 bits per heavy atom. The molecule has 0 radical (unpaired) electrons. The van der Waals surface area contributed by atoms with Gasteiger partial charge in [-0.15, -0.1) is 0 Å². The molecule has 7 heteroatoms. The monoisotopic (exact) mass is 440 g/mol. The maximum Gasteiger partial charge on any atom is 0.259 e. The van der Waals surface area contributed by atoms with Crippen molar-refractivity contribution in [3.05, 3.63) is 89.4 Å². The number of hydrogen-bond acceptors (Lipinski definition) is 5. The third-order valence-corrected chi connectivity index (χ3v) is 6.43. The minimum atomic E-state index is -0.177. The maximum atomic E-state index is 12.6. The highest BCUT2D eigenvalue weighted by atomic mass is 16.1. The largest absolute Gasteiger partial charge is 0.322 e. The van der Waals surface area contributed by atoms with Gasteiger partial charge in [-0.25, -0.2) is 15.0 Å². The molecule has 168 valence electrons. The molecule has 0 aliphatic carbocycles. The molecule has 4 heterocycles. The van der Waals surface area contributed by atoms with Crippen molar-refractivity contribution < 1.29 is 4.79 Å². The van der Waals surface area contributed by atoms with E-state index in [1.807, 2.05) is 55.5 Å². The molecule has 1 amide bonds. The van der Waals surface area contributed by atoms with Gasteiger partial charge in [-0.3, -0.25) is 9.69 Å². The lowest BCUT2D eigenvalue weighted by atomic mass is 9.95. The summed E-state index contributed by atoms with van der Waals surface area (Å²) in [5.41, 5.74) is 5.34. The third kappa shape index (κ3) is 4.50. The van der Waals surface area contributed by atoms with Gasteiger partial charge < -0.3 is 9.72 Å². The molecule has 4 aromatic rings. The molecule has 0 bridgehead atoms. The molecule has 7 nitrogen and oxygen atoms in total. The van der Waals surface area contributed by atoms with Crippen LogP contribution < -0.4 is 5.32 Å². The topological polar surface area (TPSA) is 75.4 Å². The van der Waals surface area contributed by atoms with Gasteiger partial charge in [0.1, 0.15) is 11.5 Å². The van der Waals surface area contributed by atoms with Crippen LogP contribution in [0.2, 0.25) is 0 Å². The average Bonchev–Trinajstić information content (AvgIpc) is 3.15. The van der Waals surface area contributed by atoms with Crippen molar-refractivity contribution in [2.24, 2.45) is 0 Å². The number of imidazole rings is 1. The Bertz CT molecular complexity index is 1270. The van der Waals surface area contributed by atoms with Crippen molar-refractivity contribution in [3.8, 4) is 0 Å². The minimum absolute atomic E-state index is 0.177. The number of rotatable bonds is 5. The van der Waals surface area contributed by atoms with Crippen molar-refractivity contribution in [3.63, 3.8) is 0 Å². The average molecular weight is 441 g/mol. The van der Waals surface area contributed by atoms with Crippen molar-refractivity contribution in [2.75, 3.05) is 18.4 Å². The second kappa shape index (κ2) is 9.11. The zero-order valence-corrected chi connectivity index (χ0v) is 19.0. The van der Waals surface area contributed by atoms with E-state index in [2.05, 4.69) is 37.7 Å². The van der Waals surface area contributed by atoms with Gasteiger partial charge in [0.05, 0.1) is 22.6 Å². The van der Waals surface area contributed by atoms with Crippen LogP contribution in [0.3, 0.4) is 0 Å². The number of pyridine rings is 1. The highest BCUT2D eigenvalue weighted by Gasteiger charge is 2.25. The second-order valence-corrected chi connectivity index (χ2v) is 8.67. The van der Waals surface area contributed by atoms with E-state index in [0.717, 1.165) is 61.0 Å². The third-order valence-electron chi connectivity index (χ3n) is 6.43. The molecule has 1 aromatic carbocycles. The molecule has 5 rings (SSSR count). The molecule has 1 N–H and O–H groups in total. The zero-order chi connectivity index (χ0) is 22.8. The molecule has 3 aromatic heterocycles. The van der Waals surface area contributed by atoms with Crippen molar-refractivity contribution in [1.29, 1.82) is 0 Å². The van der Waals surface area contributed by atoms with Crippen LogP contribution in [0.5, 0.6) is 0 Å². The van der Waals surface area contributed by atoms with Crippen molar-refractivity contribution in [2.45, 2.75) is 39.2 Å². The normalized spacial score (nSPS) is 15.1. The number of anilines is 1. The summed E-state index contributed by atoms with van der Waals surface area (Å²) in [6.45, 7) is 6.84. The van der Waals surface area contributed by atoms with E-state index in [-0.39, 0.29) is 5.91 Å². The van der Waals surface area contributed by atoms with Gasteiger partial charge in [0, 0.05) is 30.5 Å². The number of carbonyl (C=O) groups is 1. The fourth-order valence-electron chi connectivity index (χ4n) is 4.54. The highest BCUT2D eigenvalue weighted by Crippen LogP contribution is 2.27. The summed E-state index contributed by atoms with van der Waals surface area (Å²) in [4.78, 5) is 29.1. The van der Waals surface area contributed by atoms with Crippen LogP contribution in [0.25, 0.3) is 5.65 Å². The molecule has 0 saturated carbocycles. The van der Waals surface area contributed by atoms with E-state index in [1.165, 1.54) is 5.69 Å². The molecule has 1 aliphatic rings. The number of likely N-dealkylation sites (tertiary alicyclic amines) is 1.